The van der Waals surface area contributed by atoms with E-state index in [-0.39, 0.29) is 12.2 Å². The summed E-state index contributed by atoms with van der Waals surface area (Å²) in [7, 11) is 0. The van der Waals surface area contributed by atoms with Gasteiger partial charge in [0, 0.05) is 18.0 Å². The number of para-hydroxylation sites is 1. The maximum Gasteiger partial charge on any atom is 0.408 e. The van der Waals surface area contributed by atoms with Crippen molar-refractivity contribution in [3.8, 4) is 30.6 Å². The molecule has 216 valence electrons. The molecular formula is C33H32ClN3O5. The van der Waals surface area contributed by atoms with Gasteiger partial charge in [0.05, 0.1) is 10.7 Å². The number of rotatable bonds is 8. The van der Waals surface area contributed by atoms with Crippen LogP contribution in [0, 0.1) is 31.7 Å². The monoisotopic (exact) mass is 585 g/mol. The number of carbonyl (C=O) groups is 3. The van der Waals surface area contributed by atoms with Crippen LogP contribution >= 0.6 is 11.6 Å². The molecular weight excluding hydrogens is 554 g/mol. The molecule has 0 saturated carbocycles. The van der Waals surface area contributed by atoms with Gasteiger partial charge in [-0.25, -0.2) is 4.79 Å². The summed E-state index contributed by atoms with van der Waals surface area (Å²) in [6.07, 6.45) is 10.5. The molecule has 0 radical (unpaired) electrons. The number of hydrogen-bond acceptors (Lipinski definition) is 5. The molecule has 3 N–H and O–H groups in total. The Bertz CT molecular complexity index is 1510. The number of aromatic hydroxyl groups is 1. The average Bonchev–Trinajstić information content (AvgIpc) is 2.93. The lowest BCUT2D eigenvalue weighted by Gasteiger charge is -2.30. The number of alkyl carbamates (subject to hydrolysis) is 1. The van der Waals surface area contributed by atoms with Crippen LogP contribution in [0.5, 0.6) is 5.75 Å². The summed E-state index contributed by atoms with van der Waals surface area (Å²) in [5.41, 5.74) is 1.79. The van der Waals surface area contributed by atoms with Crippen molar-refractivity contribution in [3.63, 3.8) is 0 Å². The lowest BCUT2D eigenvalue weighted by molar-refractivity contribution is -0.136. The number of benzene rings is 3. The summed E-state index contributed by atoms with van der Waals surface area (Å²) in [4.78, 5) is 41.7. The van der Waals surface area contributed by atoms with Crippen LogP contribution in [0.1, 0.15) is 49.1 Å². The van der Waals surface area contributed by atoms with E-state index in [1.54, 1.807) is 82.3 Å². The van der Waals surface area contributed by atoms with Crippen LogP contribution in [-0.2, 0) is 20.7 Å². The molecule has 3 aromatic carbocycles. The molecule has 3 aromatic rings. The zero-order valence-electron chi connectivity index (χ0n) is 23.8. The Morgan fingerprint density at radius 3 is 2.21 bits per heavy atom. The molecule has 0 aliphatic rings. The first kappa shape index (κ1) is 31.6. The lowest BCUT2D eigenvalue weighted by Crippen LogP contribution is -2.51. The largest absolute Gasteiger partial charge is 0.508 e. The molecule has 8 nitrogen and oxygen atoms in total. The van der Waals surface area contributed by atoms with Gasteiger partial charge in [-0.2, -0.15) is 0 Å². The minimum absolute atomic E-state index is 0.00940. The Morgan fingerprint density at radius 1 is 1.02 bits per heavy atom. The fraction of sp³-hybridized carbons (Fsp3) is 0.242. The van der Waals surface area contributed by atoms with E-state index >= 15 is 0 Å². The fourth-order valence-corrected chi connectivity index (χ4v) is 4.38. The molecule has 3 amide bonds. The smallest absolute Gasteiger partial charge is 0.408 e. The van der Waals surface area contributed by atoms with Gasteiger partial charge in [-0.1, -0.05) is 60.3 Å². The van der Waals surface area contributed by atoms with Crippen molar-refractivity contribution in [2.24, 2.45) is 0 Å². The first-order valence-electron chi connectivity index (χ1n) is 13.0. The van der Waals surface area contributed by atoms with E-state index in [1.165, 1.54) is 12.1 Å². The lowest BCUT2D eigenvalue weighted by atomic mass is 9.99. The van der Waals surface area contributed by atoms with Crippen molar-refractivity contribution in [2.75, 3.05) is 5.32 Å². The first-order valence-corrected chi connectivity index (χ1v) is 13.4. The number of amides is 3. The Kier molecular flexibility index (Phi) is 10.3. The Labute approximate surface area is 251 Å². The van der Waals surface area contributed by atoms with E-state index in [4.69, 9.17) is 29.2 Å². The van der Waals surface area contributed by atoms with Crippen molar-refractivity contribution in [2.45, 2.75) is 51.8 Å². The van der Waals surface area contributed by atoms with Gasteiger partial charge in [-0.3, -0.25) is 14.5 Å². The maximum absolute atomic E-state index is 14.1. The standard InChI is InChI=1S/C33H32ClN3O5/c1-7-22-12-16-24(17-13-22)29(30(39)36-28-21(3)10-9-11-26(28)34)37(8-2)31(40)27(35-32(41)42-33(4,5)6)20-23-14-18-25(38)19-15-23/h1-2,9-19,27,29,38H,20H2,3-6H3,(H,35,41)(H,36,39). The quantitative estimate of drug-likeness (QED) is 0.237. The number of hydrogen-bond donors (Lipinski definition) is 3. The molecule has 0 aliphatic heterocycles. The van der Waals surface area contributed by atoms with Gasteiger partial charge in [0.1, 0.15) is 23.4 Å². The minimum Gasteiger partial charge on any atom is -0.508 e. The number of phenols is 1. The van der Waals surface area contributed by atoms with Crippen LogP contribution in [-0.4, -0.2) is 39.6 Å². The van der Waals surface area contributed by atoms with Crippen molar-refractivity contribution < 1.29 is 24.2 Å². The highest BCUT2D eigenvalue weighted by atomic mass is 35.5. The number of carbonyl (C=O) groups excluding carboxylic acids is 3. The number of terminal acetylenes is 2. The highest BCUT2D eigenvalue weighted by Crippen LogP contribution is 2.29. The zero-order chi connectivity index (χ0) is 31.0. The van der Waals surface area contributed by atoms with Gasteiger partial charge < -0.3 is 20.5 Å². The summed E-state index contributed by atoms with van der Waals surface area (Å²) in [6.45, 7) is 6.84. The van der Waals surface area contributed by atoms with Gasteiger partial charge in [0.15, 0.2) is 0 Å². The van der Waals surface area contributed by atoms with Crippen molar-refractivity contribution >= 4 is 35.2 Å². The number of anilines is 1. The maximum atomic E-state index is 14.1. The molecule has 0 spiro atoms. The molecule has 2 unspecified atom stereocenters. The van der Waals surface area contributed by atoms with Crippen LogP contribution < -0.4 is 10.6 Å². The molecule has 0 saturated heterocycles. The third kappa shape index (κ3) is 8.30. The normalized spacial score (nSPS) is 12.2. The van der Waals surface area contributed by atoms with Crippen LogP contribution in [0.4, 0.5) is 10.5 Å². The Morgan fingerprint density at radius 2 is 1.67 bits per heavy atom. The summed E-state index contributed by atoms with van der Waals surface area (Å²) in [5, 5.41) is 15.4. The molecule has 0 heterocycles. The van der Waals surface area contributed by atoms with E-state index in [2.05, 4.69) is 22.6 Å². The van der Waals surface area contributed by atoms with Gasteiger partial charge in [0.25, 0.3) is 11.8 Å². The van der Waals surface area contributed by atoms with Crippen molar-refractivity contribution in [1.29, 1.82) is 0 Å². The van der Waals surface area contributed by atoms with E-state index in [9.17, 15) is 19.5 Å². The zero-order valence-corrected chi connectivity index (χ0v) is 24.5. The predicted octanol–water partition coefficient (Wildman–Crippen LogP) is 5.57. The number of halogens is 1. The molecule has 3 rings (SSSR count). The van der Waals surface area contributed by atoms with Crippen molar-refractivity contribution in [1.82, 2.24) is 10.2 Å². The second-order valence-electron chi connectivity index (χ2n) is 10.5. The SMILES string of the molecule is C#Cc1ccc(C(C(=O)Nc2c(C)cccc2Cl)N(C#C)C(=O)C(Cc2ccc(O)cc2)NC(=O)OC(C)(C)C)cc1. The van der Waals surface area contributed by atoms with Gasteiger partial charge in [-0.15, -0.1) is 6.42 Å². The highest BCUT2D eigenvalue weighted by molar-refractivity contribution is 6.34. The van der Waals surface area contributed by atoms with Crippen molar-refractivity contribution in [3.05, 3.63) is 94.0 Å². The van der Waals surface area contributed by atoms with Crippen LogP contribution in [0.25, 0.3) is 0 Å². The third-order valence-electron chi connectivity index (χ3n) is 6.11. The van der Waals surface area contributed by atoms with Crippen LogP contribution in [0.3, 0.4) is 0 Å². The second-order valence-corrected chi connectivity index (χ2v) is 10.9. The predicted molar refractivity (Wildman–Crippen MR) is 163 cm³/mol. The molecule has 0 aromatic heterocycles. The number of nitrogens with one attached hydrogen (secondary N) is 2. The molecule has 2 atom stereocenters. The Hall–Kier alpha value is -4.92. The highest BCUT2D eigenvalue weighted by Gasteiger charge is 2.36. The van der Waals surface area contributed by atoms with Crippen LogP contribution in [0.15, 0.2) is 66.7 Å². The summed E-state index contributed by atoms with van der Waals surface area (Å²) < 4.78 is 5.39. The van der Waals surface area contributed by atoms with E-state index in [0.717, 1.165) is 4.90 Å². The second kappa shape index (κ2) is 13.6. The third-order valence-corrected chi connectivity index (χ3v) is 6.43. The minimum atomic E-state index is -1.33. The summed E-state index contributed by atoms with van der Waals surface area (Å²) in [6, 6.07) is 17.5. The number of ether oxygens (including phenoxy) is 1. The average molecular weight is 586 g/mol. The topological polar surface area (TPSA) is 108 Å². The van der Waals surface area contributed by atoms with Gasteiger partial charge in [-0.05, 0) is 74.7 Å². The Balaban J connectivity index is 2.05. The number of nitrogens with zero attached hydrogens (tertiary/aromatic N) is 1. The molecule has 0 bridgehead atoms. The summed E-state index contributed by atoms with van der Waals surface area (Å²) >= 11 is 6.36. The molecule has 42 heavy (non-hydrogen) atoms. The molecule has 0 fully saturated rings. The van der Waals surface area contributed by atoms with Gasteiger partial charge >= 0.3 is 6.09 Å². The van der Waals surface area contributed by atoms with E-state index < -0.39 is 35.6 Å². The summed E-state index contributed by atoms with van der Waals surface area (Å²) in [5.74, 6) is 1.18. The fourth-order valence-electron chi connectivity index (χ4n) is 4.11. The van der Waals surface area contributed by atoms with E-state index in [0.29, 0.717) is 33.0 Å². The van der Waals surface area contributed by atoms with Crippen LogP contribution in [0.2, 0.25) is 5.02 Å². The number of aryl methyl sites for hydroxylation is 1. The number of phenolic OH excluding ortho intramolecular Hbond substituents is 1. The first-order chi connectivity index (χ1) is 19.8. The molecule has 0 aliphatic carbocycles. The van der Waals surface area contributed by atoms with Gasteiger partial charge in [0.2, 0.25) is 0 Å². The van der Waals surface area contributed by atoms with E-state index in [1.807, 2.05) is 0 Å². The molecule has 9 heteroatoms.